The number of fused-ring (bicyclic) bond motifs is 1. The maximum absolute atomic E-state index is 11.7. The van der Waals surface area contributed by atoms with E-state index in [2.05, 4.69) is 37.4 Å². The highest BCUT2D eigenvalue weighted by Gasteiger charge is 2.37. The van der Waals surface area contributed by atoms with Gasteiger partial charge >= 0.3 is 0 Å². The van der Waals surface area contributed by atoms with Gasteiger partial charge in [0.2, 0.25) is 5.91 Å². The minimum Gasteiger partial charge on any atom is -0.348 e. The van der Waals surface area contributed by atoms with Crippen molar-refractivity contribution in [2.45, 2.75) is 44.7 Å². The van der Waals surface area contributed by atoms with Gasteiger partial charge in [0, 0.05) is 0 Å². The van der Waals surface area contributed by atoms with Crippen molar-refractivity contribution in [3.63, 3.8) is 0 Å². The molecule has 3 nitrogen and oxygen atoms in total. The van der Waals surface area contributed by atoms with E-state index in [4.69, 9.17) is 5.73 Å². The third-order valence-corrected chi connectivity index (χ3v) is 3.51. The summed E-state index contributed by atoms with van der Waals surface area (Å²) in [5.74, 6) is -0.0810. The van der Waals surface area contributed by atoms with Gasteiger partial charge in [-0.3, -0.25) is 4.79 Å². The van der Waals surface area contributed by atoms with Crippen molar-refractivity contribution in [1.29, 1.82) is 0 Å². The molecule has 1 amide bonds. The quantitative estimate of drug-likeness (QED) is 0.865. The predicted octanol–water partition coefficient (Wildman–Crippen LogP) is 2.29. The topological polar surface area (TPSA) is 55.1 Å². The van der Waals surface area contributed by atoms with Gasteiger partial charge in [0.25, 0.3) is 0 Å². The summed E-state index contributed by atoms with van der Waals surface area (Å²) in [6.45, 7) is 6.13. The second-order valence-corrected chi connectivity index (χ2v) is 5.53. The Labute approximate surface area is 115 Å². The predicted molar refractivity (Wildman–Crippen MR) is 75.9 cm³/mol. The molecule has 0 fully saturated rings. The Kier molecular flexibility index (Phi) is 4.41. The third-order valence-electron chi connectivity index (χ3n) is 3.51. The zero-order valence-electron chi connectivity index (χ0n) is 11.1. The third kappa shape index (κ3) is 2.68. The summed E-state index contributed by atoms with van der Waals surface area (Å²) in [5, 5.41) is 3.03. The molecule has 0 bridgehead atoms. The van der Waals surface area contributed by atoms with Crippen LogP contribution in [0, 0.1) is 0 Å². The number of benzene rings is 1. The van der Waals surface area contributed by atoms with Crippen molar-refractivity contribution in [2.24, 2.45) is 5.73 Å². The Morgan fingerprint density at radius 1 is 1.44 bits per heavy atom. The van der Waals surface area contributed by atoms with E-state index in [0.717, 1.165) is 6.42 Å². The van der Waals surface area contributed by atoms with Crippen LogP contribution in [0.15, 0.2) is 24.3 Å². The minimum absolute atomic E-state index is 0. The van der Waals surface area contributed by atoms with Gasteiger partial charge in [-0.25, -0.2) is 0 Å². The summed E-state index contributed by atoms with van der Waals surface area (Å²) in [5.41, 5.74) is 8.26. The first-order valence-corrected chi connectivity index (χ1v) is 6.07. The van der Waals surface area contributed by atoms with Gasteiger partial charge in [0.05, 0.1) is 12.1 Å². The number of hydrogen-bond donors (Lipinski definition) is 2. The Hall–Kier alpha value is -1.06. The molecule has 3 N–H and O–H groups in total. The summed E-state index contributed by atoms with van der Waals surface area (Å²) >= 11 is 0. The van der Waals surface area contributed by atoms with Crippen LogP contribution < -0.4 is 11.1 Å². The number of nitrogens with one attached hydrogen (secondary N) is 1. The lowest BCUT2D eigenvalue weighted by molar-refractivity contribution is -0.122. The van der Waals surface area contributed by atoms with Crippen molar-refractivity contribution in [3.05, 3.63) is 35.4 Å². The fourth-order valence-corrected chi connectivity index (χ4v) is 2.58. The van der Waals surface area contributed by atoms with E-state index in [1.807, 2.05) is 6.07 Å². The molecule has 1 aromatic rings. The van der Waals surface area contributed by atoms with E-state index in [1.165, 1.54) is 11.1 Å². The van der Waals surface area contributed by atoms with Crippen LogP contribution in [0.5, 0.6) is 0 Å². The van der Waals surface area contributed by atoms with Crippen LogP contribution in [-0.2, 0) is 10.2 Å². The molecule has 1 aliphatic carbocycles. The van der Waals surface area contributed by atoms with Crippen LogP contribution in [0.4, 0.5) is 0 Å². The monoisotopic (exact) mass is 268 g/mol. The number of carbonyl (C=O) groups excluding carboxylic acids is 1. The highest BCUT2D eigenvalue weighted by Crippen LogP contribution is 2.44. The minimum atomic E-state index is -0.453. The van der Waals surface area contributed by atoms with Gasteiger partial charge in [-0.2, -0.15) is 0 Å². The lowest BCUT2D eigenvalue weighted by atomic mass is 9.86. The van der Waals surface area contributed by atoms with Crippen LogP contribution in [0.25, 0.3) is 0 Å². The molecule has 0 aromatic heterocycles. The van der Waals surface area contributed by atoms with Crippen LogP contribution in [-0.4, -0.2) is 11.9 Å². The zero-order chi connectivity index (χ0) is 12.6. The van der Waals surface area contributed by atoms with Gasteiger partial charge in [-0.1, -0.05) is 38.1 Å². The van der Waals surface area contributed by atoms with Crippen LogP contribution in [0.1, 0.15) is 44.4 Å². The van der Waals surface area contributed by atoms with E-state index < -0.39 is 6.04 Å². The van der Waals surface area contributed by atoms with Gasteiger partial charge in [0.15, 0.2) is 0 Å². The van der Waals surface area contributed by atoms with E-state index in [9.17, 15) is 4.79 Å². The molecule has 0 saturated heterocycles. The zero-order valence-corrected chi connectivity index (χ0v) is 11.9. The first-order chi connectivity index (χ1) is 7.92. The normalized spacial score (nSPS) is 21.7. The molecule has 1 aliphatic rings. The van der Waals surface area contributed by atoms with Gasteiger partial charge in [0.1, 0.15) is 0 Å². The SMILES string of the molecule is CC(N)C(=O)NC1CC(C)(C)c2ccccc21.Cl. The number of halogens is 1. The molecular formula is C14H21ClN2O. The van der Waals surface area contributed by atoms with Crippen LogP contribution in [0.3, 0.4) is 0 Å². The van der Waals surface area contributed by atoms with Crippen LogP contribution in [0.2, 0.25) is 0 Å². The largest absolute Gasteiger partial charge is 0.348 e. The molecule has 0 aliphatic heterocycles. The van der Waals surface area contributed by atoms with Gasteiger partial charge in [-0.15, -0.1) is 12.4 Å². The first-order valence-electron chi connectivity index (χ1n) is 6.07. The molecule has 4 heteroatoms. The van der Waals surface area contributed by atoms with E-state index in [0.29, 0.717) is 0 Å². The lowest BCUT2D eigenvalue weighted by Gasteiger charge is -2.20. The maximum atomic E-state index is 11.7. The molecule has 1 aromatic carbocycles. The fraction of sp³-hybridized carbons (Fsp3) is 0.500. The number of carbonyl (C=O) groups is 1. The Morgan fingerprint density at radius 2 is 2.06 bits per heavy atom. The lowest BCUT2D eigenvalue weighted by Crippen LogP contribution is -2.40. The average Bonchev–Trinajstić information content (AvgIpc) is 2.51. The number of nitrogens with two attached hydrogens (primary N) is 1. The standard InChI is InChI=1S/C14H20N2O.ClH/c1-9(15)13(17)16-12-8-14(2,3)11-7-5-4-6-10(11)12;/h4-7,9,12H,8,15H2,1-3H3,(H,16,17);1H. The fourth-order valence-electron chi connectivity index (χ4n) is 2.58. The molecule has 2 unspecified atom stereocenters. The highest BCUT2D eigenvalue weighted by atomic mass is 35.5. The molecule has 0 spiro atoms. The molecule has 0 radical (unpaired) electrons. The van der Waals surface area contributed by atoms with E-state index >= 15 is 0 Å². The maximum Gasteiger partial charge on any atom is 0.237 e. The summed E-state index contributed by atoms with van der Waals surface area (Å²) in [6.07, 6.45) is 0.935. The first kappa shape index (κ1) is 15.0. The Bertz CT molecular complexity index is 443. The van der Waals surface area contributed by atoms with Crippen molar-refractivity contribution in [2.75, 3.05) is 0 Å². The van der Waals surface area contributed by atoms with Crippen molar-refractivity contribution in [1.82, 2.24) is 5.32 Å². The van der Waals surface area contributed by atoms with Crippen LogP contribution >= 0.6 is 12.4 Å². The summed E-state index contributed by atoms with van der Waals surface area (Å²) in [7, 11) is 0. The van der Waals surface area contributed by atoms with Crippen molar-refractivity contribution in [3.8, 4) is 0 Å². The van der Waals surface area contributed by atoms with Gasteiger partial charge < -0.3 is 11.1 Å². The number of amides is 1. The second-order valence-electron chi connectivity index (χ2n) is 5.53. The smallest absolute Gasteiger partial charge is 0.237 e. The molecule has 0 heterocycles. The van der Waals surface area contributed by atoms with Crippen molar-refractivity contribution >= 4 is 18.3 Å². The highest BCUT2D eigenvalue weighted by molar-refractivity contribution is 5.85. The summed E-state index contributed by atoms with van der Waals surface area (Å²) in [6, 6.07) is 7.95. The van der Waals surface area contributed by atoms with Gasteiger partial charge in [-0.05, 0) is 29.9 Å². The molecule has 2 rings (SSSR count). The second kappa shape index (κ2) is 5.29. The average molecular weight is 269 g/mol. The number of hydrogen-bond acceptors (Lipinski definition) is 2. The van der Waals surface area contributed by atoms with E-state index in [1.54, 1.807) is 6.92 Å². The van der Waals surface area contributed by atoms with E-state index in [-0.39, 0.29) is 29.8 Å². The Balaban J connectivity index is 0.00000162. The molecule has 100 valence electrons. The summed E-state index contributed by atoms with van der Waals surface area (Å²) < 4.78 is 0. The molecule has 18 heavy (non-hydrogen) atoms. The summed E-state index contributed by atoms with van der Waals surface area (Å²) in [4.78, 5) is 11.7. The molecular weight excluding hydrogens is 248 g/mol. The molecule has 0 saturated carbocycles. The Morgan fingerprint density at radius 3 is 2.67 bits per heavy atom. The molecule has 2 atom stereocenters. The van der Waals surface area contributed by atoms with Crippen molar-refractivity contribution < 1.29 is 4.79 Å². The number of rotatable bonds is 2.